The molecular weight excluding hydrogens is 386 g/mol. The van der Waals surface area contributed by atoms with Gasteiger partial charge in [0.25, 0.3) is 11.8 Å². The third-order valence-corrected chi connectivity index (χ3v) is 5.61. The van der Waals surface area contributed by atoms with E-state index in [0.717, 1.165) is 16.9 Å². The lowest BCUT2D eigenvalue weighted by molar-refractivity contribution is -0.697. The van der Waals surface area contributed by atoms with Crippen molar-refractivity contribution >= 4 is 34.8 Å². The van der Waals surface area contributed by atoms with Crippen molar-refractivity contribution in [1.29, 1.82) is 0 Å². The van der Waals surface area contributed by atoms with Crippen molar-refractivity contribution in [2.45, 2.75) is 25.9 Å². The molecule has 6 heteroatoms. The minimum absolute atomic E-state index is 0.159. The molecule has 0 fully saturated rings. The van der Waals surface area contributed by atoms with Gasteiger partial charge >= 0.3 is 0 Å². The lowest BCUT2D eigenvalue weighted by atomic mass is 9.89. The molecule has 4 rings (SSSR count). The minimum atomic E-state index is -1.24. The van der Waals surface area contributed by atoms with Crippen LogP contribution in [0.15, 0.2) is 72.9 Å². The average Bonchev–Trinajstić information content (AvgIpc) is 2.71. The Morgan fingerprint density at radius 1 is 1.07 bits per heavy atom. The maximum atomic E-state index is 13.7. The average molecular weight is 407 g/mol. The molecule has 1 atom stereocenters. The maximum Gasteiger partial charge on any atom is 0.294 e. The molecule has 0 bridgehead atoms. The number of benzene rings is 2. The molecule has 2 aromatic carbocycles. The van der Waals surface area contributed by atoms with Crippen LogP contribution in [-0.2, 0) is 21.7 Å². The second-order valence-electron chi connectivity index (χ2n) is 7.26. The van der Waals surface area contributed by atoms with Gasteiger partial charge in [-0.2, -0.15) is 4.57 Å². The highest BCUT2D eigenvalue weighted by Gasteiger charge is 2.54. The first kappa shape index (κ1) is 19.2. The monoisotopic (exact) mass is 406 g/mol. The Hall–Kier alpha value is -3.18. The van der Waals surface area contributed by atoms with Gasteiger partial charge in [-0.05, 0) is 49.7 Å². The minimum Gasteiger partial charge on any atom is -0.323 e. The number of anilines is 2. The zero-order chi connectivity index (χ0) is 20.6. The summed E-state index contributed by atoms with van der Waals surface area (Å²) in [6, 6.07) is 20.2. The molecule has 1 aromatic heterocycles. The lowest BCUT2D eigenvalue weighted by Crippen LogP contribution is -2.67. The fourth-order valence-corrected chi connectivity index (χ4v) is 3.93. The van der Waals surface area contributed by atoms with E-state index in [1.807, 2.05) is 60.2 Å². The van der Waals surface area contributed by atoms with E-state index in [-0.39, 0.29) is 18.4 Å². The molecule has 0 saturated carbocycles. The summed E-state index contributed by atoms with van der Waals surface area (Å²) < 4.78 is 1.83. The molecule has 2 heterocycles. The highest BCUT2D eigenvalue weighted by Crippen LogP contribution is 2.36. The first-order chi connectivity index (χ1) is 13.9. The molecule has 0 aliphatic carbocycles. The molecule has 146 valence electrons. The Bertz CT molecular complexity index is 1100. The van der Waals surface area contributed by atoms with Crippen LogP contribution in [0.2, 0.25) is 5.02 Å². The molecule has 1 N–H and O–H groups in total. The van der Waals surface area contributed by atoms with Crippen molar-refractivity contribution in [3.8, 4) is 0 Å². The molecular formula is C23H21ClN3O2+. The van der Waals surface area contributed by atoms with Gasteiger partial charge in [-0.3, -0.25) is 14.5 Å². The first-order valence-electron chi connectivity index (χ1n) is 9.36. The Balaban J connectivity index is 1.86. The molecule has 0 unspecified atom stereocenters. The Morgan fingerprint density at radius 3 is 2.48 bits per heavy atom. The van der Waals surface area contributed by atoms with E-state index in [1.54, 1.807) is 36.1 Å². The summed E-state index contributed by atoms with van der Waals surface area (Å²) in [5.74, 6) is -0.451. The molecule has 0 spiro atoms. The highest BCUT2D eigenvalue weighted by molar-refractivity contribution is 6.30. The van der Waals surface area contributed by atoms with Crippen LogP contribution in [0.3, 0.4) is 0 Å². The summed E-state index contributed by atoms with van der Waals surface area (Å²) in [4.78, 5) is 28.4. The van der Waals surface area contributed by atoms with Crippen molar-refractivity contribution in [3.05, 3.63) is 89.2 Å². The number of pyridine rings is 1. The van der Waals surface area contributed by atoms with Crippen molar-refractivity contribution in [3.63, 3.8) is 0 Å². The predicted octanol–water partition coefficient (Wildman–Crippen LogP) is 3.84. The number of nitrogens with zero attached hydrogens (tertiary/aromatic N) is 2. The van der Waals surface area contributed by atoms with Gasteiger partial charge in [0.15, 0.2) is 6.20 Å². The standard InChI is InChI=1S/C23H20ClN3O2/c1-16-7-3-4-8-19(16)25-22(29)23(2)20-9-5-6-14-26(20)15-21(28)27(23)18-12-10-17(24)11-13-18/h3-14H,15H2,1-2H3/p+1/t23-/m1/s1. The van der Waals surface area contributed by atoms with Crippen LogP contribution in [-0.4, -0.2) is 11.8 Å². The molecule has 29 heavy (non-hydrogen) atoms. The first-order valence-corrected chi connectivity index (χ1v) is 9.73. The van der Waals surface area contributed by atoms with Gasteiger partial charge in [0.1, 0.15) is 0 Å². The number of carbonyl (C=O) groups is 2. The maximum absolute atomic E-state index is 13.7. The fraction of sp³-hybridized carbons (Fsp3) is 0.174. The lowest BCUT2D eigenvalue weighted by Gasteiger charge is -2.40. The molecule has 3 aromatic rings. The third-order valence-electron chi connectivity index (χ3n) is 5.36. The van der Waals surface area contributed by atoms with Crippen molar-refractivity contribution in [1.82, 2.24) is 0 Å². The van der Waals surface area contributed by atoms with E-state index in [9.17, 15) is 9.59 Å². The van der Waals surface area contributed by atoms with Gasteiger partial charge in [-0.1, -0.05) is 35.9 Å². The topological polar surface area (TPSA) is 53.3 Å². The fourth-order valence-electron chi connectivity index (χ4n) is 3.80. The number of hydrogen-bond acceptors (Lipinski definition) is 2. The molecule has 5 nitrogen and oxygen atoms in total. The van der Waals surface area contributed by atoms with Crippen LogP contribution in [0.1, 0.15) is 18.2 Å². The van der Waals surface area contributed by atoms with E-state index in [0.29, 0.717) is 10.7 Å². The van der Waals surface area contributed by atoms with Crippen LogP contribution in [0.4, 0.5) is 11.4 Å². The summed E-state index contributed by atoms with van der Waals surface area (Å²) in [6.45, 7) is 3.87. The Kier molecular flexibility index (Phi) is 4.84. The smallest absolute Gasteiger partial charge is 0.294 e. The van der Waals surface area contributed by atoms with Crippen LogP contribution in [0, 0.1) is 6.92 Å². The van der Waals surface area contributed by atoms with Gasteiger partial charge in [0.05, 0.1) is 0 Å². The molecule has 0 radical (unpaired) electrons. The van der Waals surface area contributed by atoms with Crippen LogP contribution < -0.4 is 14.8 Å². The van der Waals surface area contributed by atoms with E-state index in [1.165, 1.54) is 0 Å². The number of nitrogens with one attached hydrogen (secondary N) is 1. The largest absolute Gasteiger partial charge is 0.323 e. The molecule has 0 saturated heterocycles. The normalized spacial score (nSPS) is 18.3. The zero-order valence-electron chi connectivity index (χ0n) is 16.2. The van der Waals surface area contributed by atoms with Crippen molar-refractivity contribution in [2.24, 2.45) is 0 Å². The highest BCUT2D eigenvalue weighted by atomic mass is 35.5. The van der Waals surface area contributed by atoms with Gasteiger partial charge in [-0.15, -0.1) is 0 Å². The van der Waals surface area contributed by atoms with Gasteiger partial charge in [-0.25, -0.2) is 0 Å². The van der Waals surface area contributed by atoms with E-state index in [4.69, 9.17) is 11.6 Å². The van der Waals surface area contributed by atoms with Gasteiger partial charge < -0.3 is 5.32 Å². The van der Waals surface area contributed by atoms with E-state index in [2.05, 4.69) is 5.32 Å². The van der Waals surface area contributed by atoms with Crippen LogP contribution in [0.5, 0.6) is 0 Å². The van der Waals surface area contributed by atoms with Crippen molar-refractivity contribution < 1.29 is 14.2 Å². The summed E-state index contributed by atoms with van der Waals surface area (Å²) in [5, 5.41) is 3.59. The number of fused-ring (bicyclic) bond motifs is 1. The number of halogens is 1. The number of para-hydroxylation sites is 1. The number of amides is 2. The quantitative estimate of drug-likeness (QED) is 0.672. The molecule has 1 aliphatic rings. The summed E-state index contributed by atoms with van der Waals surface area (Å²) >= 11 is 6.04. The van der Waals surface area contributed by atoms with Gasteiger partial charge in [0, 0.05) is 28.5 Å². The van der Waals surface area contributed by atoms with Crippen molar-refractivity contribution in [2.75, 3.05) is 10.2 Å². The van der Waals surface area contributed by atoms with Crippen LogP contribution >= 0.6 is 11.6 Å². The number of aryl methyl sites for hydroxylation is 1. The third kappa shape index (κ3) is 3.28. The summed E-state index contributed by atoms with van der Waals surface area (Å²) in [5.41, 5.74) is 1.78. The second kappa shape index (κ2) is 7.33. The zero-order valence-corrected chi connectivity index (χ0v) is 17.0. The Labute approximate surface area is 174 Å². The van der Waals surface area contributed by atoms with E-state index < -0.39 is 5.54 Å². The van der Waals surface area contributed by atoms with Gasteiger partial charge in [0.2, 0.25) is 17.8 Å². The Morgan fingerprint density at radius 2 is 1.76 bits per heavy atom. The summed E-state index contributed by atoms with van der Waals surface area (Å²) in [6.07, 6.45) is 1.83. The number of hydrogen-bond donors (Lipinski definition) is 1. The SMILES string of the molecule is Cc1ccccc1NC(=O)[C@@]1(C)c2cccc[n+]2CC(=O)N1c1ccc(Cl)cc1. The van der Waals surface area contributed by atoms with Crippen LogP contribution in [0.25, 0.3) is 0 Å². The summed E-state index contributed by atoms with van der Waals surface area (Å²) in [7, 11) is 0. The van der Waals surface area contributed by atoms with E-state index >= 15 is 0 Å². The number of rotatable bonds is 3. The number of carbonyl (C=O) groups excluding carboxylic acids is 2. The second-order valence-corrected chi connectivity index (χ2v) is 7.70. The number of aromatic nitrogens is 1. The molecule has 1 aliphatic heterocycles. The molecule has 2 amide bonds. The predicted molar refractivity (Wildman–Crippen MR) is 113 cm³/mol.